The number of aromatic amines is 1. The number of hydrogen-bond acceptors (Lipinski definition) is 10. The number of carbonyl (C=O) groups is 1. The second-order valence-corrected chi connectivity index (χ2v) is 11.4. The average Bonchev–Trinajstić information content (AvgIpc) is 3.41. The summed E-state index contributed by atoms with van der Waals surface area (Å²) in [4.78, 5) is 39.3. The summed E-state index contributed by atoms with van der Waals surface area (Å²) >= 11 is 3.14. The van der Waals surface area contributed by atoms with E-state index in [1.807, 2.05) is 78.9 Å². The van der Waals surface area contributed by atoms with Crippen molar-refractivity contribution < 1.29 is 38.3 Å². The third-order valence-corrected chi connectivity index (χ3v) is 8.41. The van der Waals surface area contributed by atoms with Crippen LogP contribution in [0.5, 0.6) is 11.5 Å². The summed E-state index contributed by atoms with van der Waals surface area (Å²) in [6, 6.07) is 24.5. The van der Waals surface area contributed by atoms with Gasteiger partial charge in [-0.2, -0.15) is 0 Å². The molecular formula is C34H35BrN2O10. The molecule has 1 aromatic heterocycles. The molecule has 1 saturated heterocycles. The van der Waals surface area contributed by atoms with Crippen LogP contribution >= 0.6 is 15.9 Å². The number of nitrogens with one attached hydrogen (secondary N) is 1. The zero-order valence-corrected chi connectivity index (χ0v) is 27.5. The molecule has 47 heavy (non-hydrogen) atoms. The van der Waals surface area contributed by atoms with Crippen molar-refractivity contribution in [2.75, 3.05) is 34.0 Å². The molecule has 4 aromatic rings. The van der Waals surface area contributed by atoms with Crippen LogP contribution in [0.15, 0.2) is 99.1 Å². The van der Waals surface area contributed by atoms with Crippen molar-refractivity contribution in [3.63, 3.8) is 0 Å². The molecule has 0 spiro atoms. The highest BCUT2D eigenvalue weighted by Crippen LogP contribution is 2.43. The highest BCUT2D eigenvalue weighted by Gasteiger charge is 2.48. The van der Waals surface area contributed by atoms with Crippen LogP contribution in [0, 0.1) is 0 Å². The standard InChI is InChI=1S/C34H35BrN2O10/c1-4-44-28(38)20-45-30-29(39)27(47-32(30)37-18-26(35)31(40)36-33(37)41)19-46-34(21-8-6-5-7-9-21,22-10-14-24(42-2)15-11-22)23-12-16-25(43-3)17-13-23/h5-18,27,29-30,32,39H,4,19-20H2,1-3H3,(H,36,40,41)/t27-,29?,30?,32-/m0/s1. The normalized spacial score (nSPS) is 19.3. The van der Waals surface area contributed by atoms with E-state index < -0.39 is 54.0 Å². The van der Waals surface area contributed by atoms with E-state index in [1.165, 1.54) is 6.20 Å². The molecule has 0 saturated carbocycles. The number of carbonyl (C=O) groups excluding carboxylic acids is 1. The van der Waals surface area contributed by atoms with E-state index in [2.05, 4.69) is 20.9 Å². The van der Waals surface area contributed by atoms with Gasteiger partial charge in [0.05, 0.1) is 31.9 Å². The van der Waals surface area contributed by atoms with Crippen molar-refractivity contribution in [3.05, 3.63) is 127 Å². The molecule has 0 radical (unpaired) electrons. The maximum atomic E-state index is 12.9. The van der Waals surface area contributed by atoms with E-state index in [0.717, 1.165) is 21.3 Å². The molecule has 2 unspecified atom stereocenters. The number of nitrogens with zero attached hydrogens (tertiary/aromatic N) is 1. The minimum absolute atomic E-state index is 0.0566. The van der Waals surface area contributed by atoms with Gasteiger partial charge in [0.25, 0.3) is 5.56 Å². The van der Waals surface area contributed by atoms with E-state index in [1.54, 1.807) is 21.1 Å². The van der Waals surface area contributed by atoms with Gasteiger partial charge in [-0.3, -0.25) is 14.3 Å². The van der Waals surface area contributed by atoms with Gasteiger partial charge in [0, 0.05) is 6.20 Å². The Morgan fingerprint density at radius 2 is 1.51 bits per heavy atom. The van der Waals surface area contributed by atoms with Crippen LogP contribution in [0.3, 0.4) is 0 Å². The van der Waals surface area contributed by atoms with Gasteiger partial charge in [-0.05, 0) is 63.8 Å². The lowest BCUT2D eigenvalue weighted by molar-refractivity contribution is -0.155. The minimum Gasteiger partial charge on any atom is -0.497 e. The molecule has 248 valence electrons. The molecule has 0 amide bonds. The lowest BCUT2D eigenvalue weighted by Gasteiger charge is -2.37. The number of rotatable bonds is 13. The molecule has 1 aliphatic rings. The maximum Gasteiger partial charge on any atom is 0.332 e. The van der Waals surface area contributed by atoms with Gasteiger partial charge >= 0.3 is 11.7 Å². The largest absolute Gasteiger partial charge is 0.497 e. The first-order valence-corrected chi connectivity index (χ1v) is 15.6. The van der Waals surface area contributed by atoms with Gasteiger partial charge < -0.3 is 33.5 Å². The van der Waals surface area contributed by atoms with Crippen molar-refractivity contribution in [3.8, 4) is 11.5 Å². The van der Waals surface area contributed by atoms with Crippen LogP contribution in [0.2, 0.25) is 0 Å². The first-order chi connectivity index (χ1) is 22.7. The number of aliphatic hydroxyl groups is 1. The molecule has 5 rings (SSSR count). The second-order valence-electron chi connectivity index (χ2n) is 10.6. The maximum absolute atomic E-state index is 12.9. The van der Waals surface area contributed by atoms with Crippen molar-refractivity contribution in [2.24, 2.45) is 0 Å². The quantitative estimate of drug-likeness (QED) is 0.156. The molecular weight excluding hydrogens is 676 g/mol. The predicted molar refractivity (Wildman–Crippen MR) is 174 cm³/mol. The Labute approximate surface area is 278 Å². The van der Waals surface area contributed by atoms with Gasteiger partial charge in [-0.1, -0.05) is 54.6 Å². The highest BCUT2D eigenvalue weighted by atomic mass is 79.9. The van der Waals surface area contributed by atoms with Crippen LogP contribution in [-0.4, -0.2) is 73.0 Å². The lowest BCUT2D eigenvalue weighted by atomic mass is 9.80. The van der Waals surface area contributed by atoms with Crippen LogP contribution in [0.4, 0.5) is 0 Å². The summed E-state index contributed by atoms with van der Waals surface area (Å²) < 4.78 is 35.9. The Bertz CT molecular complexity index is 1710. The summed E-state index contributed by atoms with van der Waals surface area (Å²) in [5, 5.41) is 11.6. The second kappa shape index (κ2) is 15.1. The Morgan fingerprint density at radius 1 is 0.936 bits per heavy atom. The molecule has 0 bridgehead atoms. The molecule has 12 nitrogen and oxygen atoms in total. The number of ether oxygens (including phenoxy) is 6. The molecule has 3 aromatic carbocycles. The van der Waals surface area contributed by atoms with Gasteiger partial charge in [0.15, 0.2) is 6.23 Å². The number of hydrogen-bond donors (Lipinski definition) is 2. The van der Waals surface area contributed by atoms with Crippen molar-refractivity contribution >= 4 is 21.9 Å². The summed E-state index contributed by atoms with van der Waals surface area (Å²) in [7, 11) is 3.17. The topological polar surface area (TPSA) is 148 Å². The fourth-order valence-electron chi connectivity index (χ4n) is 5.56. The number of esters is 1. The Kier molecular flexibility index (Phi) is 10.9. The minimum atomic E-state index is -1.37. The predicted octanol–water partition coefficient (Wildman–Crippen LogP) is 3.53. The van der Waals surface area contributed by atoms with Gasteiger partial charge in [0.1, 0.15) is 42.0 Å². The van der Waals surface area contributed by atoms with Crippen LogP contribution in [0.25, 0.3) is 0 Å². The van der Waals surface area contributed by atoms with E-state index in [-0.39, 0.29) is 17.7 Å². The number of halogens is 1. The third-order valence-electron chi connectivity index (χ3n) is 7.85. The summed E-state index contributed by atoms with van der Waals surface area (Å²) in [5.74, 6) is 0.652. The van der Waals surface area contributed by atoms with Crippen molar-refractivity contribution in [1.29, 1.82) is 0 Å². The number of benzene rings is 3. The Morgan fingerprint density at radius 3 is 2.06 bits per heavy atom. The van der Waals surface area contributed by atoms with Gasteiger partial charge in [-0.15, -0.1) is 0 Å². The zero-order valence-electron chi connectivity index (χ0n) is 26.0. The van der Waals surface area contributed by atoms with Crippen LogP contribution in [0.1, 0.15) is 29.8 Å². The number of aromatic nitrogens is 2. The number of H-pyrrole nitrogens is 1. The van der Waals surface area contributed by atoms with E-state index in [0.29, 0.717) is 11.5 Å². The third kappa shape index (κ3) is 7.19. The first kappa shape index (κ1) is 34.1. The molecule has 0 aliphatic carbocycles. The fourth-order valence-corrected chi connectivity index (χ4v) is 5.88. The van der Waals surface area contributed by atoms with Crippen molar-refractivity contribution in [1.82, 2.24) is 9.55 Å². The van der Waals surface area contributed by atoms with Crippen LogP contribution < -0.4 is 20.7 Å². The zero-order chi connectivity index (χ0) is 33.6. The smallest absolute Gasteiger partial charge is 0.332 e. The fraction of sp³-hybridized carbons (Fsp3) is 0.324. The van der Waals surface area contributed by atoms with E-state index in [4.69, 9.17) is 28.4 Å². The first-order valence-electron chi connectivity index (χ1n) is 14.8. The molecule has 13 heteroatoms. The molecule has 2 N–H and O–H groups in total. The SMILES string of the molecule is CCOC(=O)COC1C(O)[C@H](COC(c2ccccc2)(c2ccc(OC)cc2)c2ccc(OC)cc2)O[C@@H]1n1cc(Br)c(=O)[nH]c1=O. The molecule has 4 atom stereocenters. The number of methoxy groups -OCH3 is 2. The van der Waals surface area contributed by atoms with E-state index in [9.17, 15) is 19.5 Å². The highest BCUT2D eigenvalue weighted by molar-refractivity contribution is 9.10. The molecule has 1 fully saturated rings. The molecule has 1 aliphatic heterocycles. The Hall–Kier alpha value is -4.27. The summed E-state index contributed by atoms with van der Waals surface area (Å²) in [6.07, 6.45) is -3.62. The summed E-state index contributed by atoms with van der Waals surface area (Å²) in [5.41, 5.74) is -0.350. The van der Waals surface area contributed by atoms with Crippen LogP contribution in [-0.2, 0) is 29.3 Å². The average molecular weight is 712 g/mol. The lowest BCUT2D eigenvalue weighted by Crippen LogP contribution is -2.41. The van der Waals surface area contributed by atoms with Gasteiger partial charge in [-0.25, -0.2) is 9.59 Å². The molecule has 2 heterocycles. The van der Waals surface area contributed by atoms with Crippen molar-refractivity contribution in [2.45, 2.75) is 37.1 Å². The monoisotopic (exact) mass is 710 g/mol. The number of aliphatic hydroxyl groups excluding tert-OH is 1. The van der Waals surface area contributed by atoms with Gasteiger partial charge in [0.2, 0.25) is 0 Å². The van der Waals surface area contributed by atoms with E-state index >= 15 is 0 Å². The Balaban J connectivity index is 1.56. The summed E-state index contributed by atoms with van der Waals surface area (Å²) in [6.45, 7) is 1.09.